The van der Waals surface area contributed by atoms with Crippen molar-refractivity contribution in [1.29, 1.82) is 0 Å². The fourth-order valence-electron chi connectivity index (χ4n) is 4.35. The molecule has 8 heteroatoms. The molecule has 0 spiro atoms. The minimum Gasteiger partial charge on any atom is -0.462 e. The number of rotatable bonds is 4. The number of carbonyl (C=O) groups excluding carboxylic acids is 2. The molecule has 2 aromatic rings. The van der Waals surface area contributed by atoms with Gasteiger partial charge in [-0.2, -0.15) is 0 Å². The number of amides is 1. The van der Waals surface area contributed by atoms with Crippen molar-refractivity contribution in [2.24, 2.45) is 5.73 Å². The molecule has 3 unspecified atom stereocenters. The Morgan fingerprint density at radius 1 is 1.17 bits per heavy atom. The maximum atomic E-state index is 13.7. The molecule has 2 aliphatic rings. The molecule has 2 N–H and O–H groups in total. The van der Waals surface area contributed by atoms with E-state index in [1.54, 1.807) is 0 Å². The summed E-state index contributed by atoms with van der Waals surface area (Å²) < 4.78 is 45.6. The van der Waals surface area contributed by atoms with Crippen LogP contribution in [-0.4, -0.2) is 36.0 Å². The Labute approximate surface area is 171 Å². The highest BCUT2D eigenvalue weighted by atomic mass is 19.2. The van der Waals surface area contributed by atoms with Gasteiger partial charge >= 0.3 is 5.97 Å². The molecule has 1 amide bonds. The van der Waals surface area contributed by atoms with E-state index in [1.807, 2.05) is 0 Å². The number of esters is 1. The number of nitrogens with two attached hydrogens (primary N) is 1. The van der Waals surface area contributed by atoms with Crippen LogP contribution in [0.1, 0.15) is 41.5 Å². The molecular weight excluding hydrogens is 397 g/mol. The van der Waals surface area contributed by atoms with Crippen molar-refractivity contribution >= 4 is 11.9 Å². The lowest BCUT2D eigenvalue weighted by molar-refractivity contribution is -0.164. The van der Waals surface area contributed by atoms with Gasteiger partial charge in [0.05, 0.1) is 6.54 Å². The lowest BCUT2D eigenvalue weighted by atomic mass is 9.91. The van der Waals surface area contributed by atoms with Crippen LogP contribution in [0.3, 0.4) is 0 Å². The minimum absolute atomic E-state index is 0.0614. The van der Waals surface area contributed by atoms with Gasteiger partial charge in [-0.05, 0) is 53.8 Å². The van der Waals surface area contributed by atoms with E-state index in [0.717, 1.165) is 6.07 Å². The smallest absolute Gasteiger partial charge is 0.333 e. The van der Waals surface area contributed by atoms with Gasteiger partial charge in [-0.3, -0.25) is 4.79 Å². The fraction of sp³-hybridized carbons (Fsp3) is 0.364. The van der Waals surface area contributed by atoms with Crippen LogP contribution >= 0.6 is 0 Å². The Balaban J connectivity index is 1.52. The van der Waals surface area contributed by atoms with E-state index in [4.69, 9.17) is 10.5 Å². The Kier molecular flexibility index (Phi) is 5.51. The normalized spacial score (nSPS) is 21.9. The van der Waals surface area contributed by atoms with E-state index in [9.17, 15) is 22.8 Å². The quantitative estimate of drug-likeness (QED) is 0.775. The molecule has 1 aliphatic carbocycles. The fourth-order valence-corrected chi connectivity index (χ4v) is 4.35. The third-order valence-corrected chi connectivity index (χ3v) is 5.85. The van der Waals surface area contributed by atoms with Gasteiger partial charge in [0.15, 0.2) is 17.7 Å². The largest absolute Gasteiger partial charge is 0.462 e. The van der Waals surface area contributed by atoms with Crippen molar-refractivity contribution in [2.75, 3.05) is 13.2 Å². The number of aryl methyl sites for hydroxylation is 1. The topological polar surface area (TPSA) is 72.6 Å². The molecule has 0 radical (unpaired) electrons. The van der Waals surface area contributed by atoms with Gasteiger partial charge in [0.1, 0.15) is 12.4 Å². The number of benzene rings is 2. The van der Waals surface area contributed by atoms with Gasteiger partial charge in [0.2, 0.25) is 5.91 Å². The summed E-state index contributed by atoms with van der Waals surface area (Å²) >= 11 is 0. The van der Waals surface area contributed by atoms with E-state index < -0.39 is 35.5 Å². The number of morpholine rings is 1. The second-order valence-electron chi connectivity index (χ2n) is 7.69. The van der Waals surface area contributed by atoms with Crippen molar-refractivity contribution < 1.29 is 27.5 Å². The second kappa shape index (κ2) is 8.10. The number of cyclic esters (lactones) is 1. The van der Waals surface area contributed by atoms with Crippen molar-refractivity contribution in [3.05, 3.63) is 70.5 Å². The first-order chi connectivity index (χ1) is 14.3. The minimum atomic E-state index is -0.971. The average Bonchev–Trinajstić information content (AvgIpc) is 3.11. The van der Waals surface area contributed by atoms with Gasteiger partial charge in [-0.25, -0.2) is 18.0 Å². The molecular formula is C22H21F3N2O3. The Morgan fingerprint density at radius 3 is 2.60 bits per heavy atom. The van der Waals surface area contributed by atoms with Crippen LogP contribution in [0.25, 0.3) is 0 Å². The molecule has 158 valence electrons. The predicted octanol–water partition coefficient (Wildman–Crippen LogP) is 2.98. The first-order valence-corrected chi connectivity index (χ1v) is 9.80. The SMILES string of the molecule is NC(CC(=O)N1CCOC(=O)C1c1ccc(F)cc1)C1CCc2cc(F)c(F)cc21. The molecule has 30 heavy (non-hydrogen) atoms. The molecule has 1 aliphatic heterocycles. The van der Waals surface area contributed by atoms with Gasteiger partial charge in [0.25, 0.3) is 0 Å². The highest BCUT2D eigenvalue weighted by Crippen LogP contribution is 2.37. The first-order valence-electron chi connectivity index (χ1n) is 9.80. The zero-order chi connectivity index (χ0) is 21.4. The van der Waals surface area contributed by atoms with Crippen molar-refractivity contribution in [2.45, 2.75) is 37.3 Å². The van der Waals surface area contributed by atoms with Crippen LogP contribution < -0.4 is 5.73 Å². The molecule has 0 aromatic heterocycles. The van der Waals surface area contributed by atoms with Crippen LogP contribution in [0.4, 0.5) is 13.2 Å². The summed E-state index contributed by atoms with van der Waals surface area (Å²) in [5, 5.41) is 0. The highest BCUT2D eigenvalue weighted by molar-refractivity contribution is 5.86. The summed E-state index contributed by atoms with van der Waals surface area (Å²) in [5.74, 6) is -3.49. The molecule has 0 saturated carbocycles. The summed E-state index contributed by atoms with van der Waals surface area (Å²) in [5.41, 5.74) is 8.08. The van der Waals surface area contributed by atoms with Crippen LogP contribution in [0, 0.1) is 17.5 Å². The summed E-state index contributed by atoms with van der Waals surface area (Å²) in [6.07, 6.45) is 1.09. The third kappa shape index (κ3) is 3.79. The van der Waals surface area contributed by atoms with Gasteiger partial charge in [-0.15, -0.1) is 0 Å². The number of hydrogen-bond acceptors (Lipinski definition) is 4. The first kappa shape index (κ1) is 20.4. The zero-order valence-corrected chi connectivity index (χ0v) is 16.1. The average molecular weight is 418 g/mol. The Morgan fingerprint density at radius 2 is 1.87 bits per heavy atom. The second-order valence-corrected chi connectivity index (χ2v) is 7.69. The number of hydrogen-bond donors (Lipinski definition) is 1. The molecule has 2 aromatic carbocycles. The standard InChI is InChI=1S/C22H21F3N2O3/c23-14-4-1-12(2-5-14)21-22(29)30-8-7-27(21)20(28)11-19(26)15-6-3-13-9-17(24)18(25)10-16(13)15/h1-2,4-5,9-10,15,19,21H,3,6-8,11,26H2. The van der Waals surface area contributed by atoms with Crippen molar-refractivity contribution in [1.82, 2.24) is 4.90 Å². The van der Waals surface area contributed by atoms with Crippen LogP contribution in [0.5, 0.6) is 0 Å². The number of ether oxygens (including phenoxy) is 1. The monoisotopic (exact) mass is 418 g/mol. The molecule has 4 rings (SSSR count). The van der Waals surface area contributed by atoms with Gasteiger partial charge in [0, 0.05) is 18.4 Å². The highest BCUT2D eigenvalue weighted by Gasteiger charge is 2.38. The van der Waals surface area contributed by atoms with Crippen molar-refractivity contribution in [3.8, 4) is 0 Å². The molecule has 1 fully saturated rings. The van der Waals surface area contributed by atoms with Crippen LogP contribution in [0.2, 0.25) is 0 Å². The number of nitrogens with zero attached hydrogens (tertiary/aromatic N) is 1. The van der Waals surface area contributed by atoms with Crippen molar-refractivity contribution in [3.63, 3.8) is 0 Å². The van der Waals surface area contributed by atoms with E-state index in [-0.39, 0.29) is 31.4 Å². The zero-order valence-electron chi connectivity index (χ0n) is 16.1. The maximum absolute atomic E-state index is 13.7. The molecule has 1 saturated heterocycles. The Bertz CT molecular complexity index is 980. The third-order valence-electron chi connectivity index (χ3n) is 5.85. The van der Waals surface area contributed by atoms with E-state index >= 15 is 0 Å². The Hall–Kier alpha value is -2.87. The van der Waals surface area contributed by atoms with Gasteiger partial charge in [-0.1, -0.05) is 12.1 Å². The maximum Gasteiger partial charge on any atom is 0.333 e. The van der Waals surface area contributed by atoms with E-state index in [0.29, 0.717) is 29.5 Å². The summed E-state index contributed by atoms with van der Waals surface area (Å²) in [6, 6.07) is 6.08. The van der Waals surface area contributed by atoms with Crippen LogP contribution in [-0.2, 0) is 20.7 Å². The van der Waals surface area contributed by atoms with Gasteiger partial charge < -0.3 is 15.4 Å². The lowest BCUT2D eigenvalue weighted by Crippen LogP contribution is -2.48. The predicted molar refractivity (Wildman–Crippen MR) is 102 cm³/mol. The van der Waals surface area contributed by atoms with E-state index in [1.165, 1.54) is 35.2 Å². The van der Waals surface area contributed by atoms with Crippen LogP contribution in [0.15, 0.2) is 36.4 Å². The summed E-state index contributed by atoms with van der Waals surface area (Å²) in [6.45, 7) is 0.259. The summed E-state index contributed by atoms with van der Waals surface area (Å²) in [4.78, 5) is 26.8. The number of fused-ring (bicyclic) bond motifs is 1. The number of halogens is 3. The summed E-state index contributed by atoms with van der Waals surface area (Å²) in [7, 11) is 0. The molecule has 3 atom stereocenters. The molecule has 0 bridgehead atoms. The number of carbonyl (C=O) groups is 2. The molecule has 1 heterocycles. The molecule has 5 nitrogen and oxygen atoms in total. The van der Waals surface area contributed by atoms with E-state index in [2.05, 4.69) is 0 Å². The lowest BCUT2D eigenvalue weighted by Gasteiger charge is -2.35.